The summed E-state index contributed by atoms with van der Waals surface area (Å²) in [7, 11) is 0. The van der Waals surface area contributed by atoms with E-state index in [1.54, 1.807) is 24.8 Å². The van der Waals surface area contributed by atoms with Gasteiger partial charge >= 0.3 is 0 Å². The van der Waals surface area contributed by atoms with E-state index >= 15 is 0 Å². The van der Waals surface area contributed by atoms with Crippen LogP contribution >= 0.6 is 0 Å². The lowest BCUT2D eigenvalue weighted by molar-refractivity contribution is 1.05. The first-order valence-electron chi connectivity index (χ1n) is 9.83. The summed E-state index contributed by atoms with van der Waals surface area (Å²) in [5.74, 6) is 0.633. The van der Waals surface area contributed by atoms with Crippen molar-refractivity contribution in [2.45, 2.75) is 6.92 Å². The highest BCUT2D eigenvalue weighted by Crippen LogP contribution is 2.26. The van der Waals surface area contributed by atoms with E-state index in [9.17, 15) is 0 Å². The minimum atomic E-state index is 0.629. The first-order valence-corrected chi connectivity index (χ1v) is 9.83. The Bertz CT molecular complexity index is 1500. The van der Waals surface area contributed by atoms with Crippen LogP contribution in [0.3, 0.4) is 0 Å². The molecule has 0 saturated heterocycles. The van der Waals surface area contributed by atoms with Gasteiger partial charge in [0, 0.05) is 35.6 Å². The van der Waals surface area contributed by atoms with E-state index in [2.05, 4.69) is 36.7 Å². The predicted molar refractivity (Wildman–Crippen MR) is 122 cm³/mol. The monoisotopic (exact) mass is 405 g/mol. The number of H-pyrrole nitrogens is 2. The Morgan fingerprint density at radius 2 is 1.87 bits per heavy atom. The first-order chi connectivity index (χ1) is 15.2. The molecule has 0 fully saturated rings. The number of imidazole rings is 1. The summed E-state index contributed by atoms with van der Waals surface area (Å²) in [6.45, 7) is 6.14. The highest BCUT2D eigenvalue weighted by Gasteiger charge is 2.14. The minimum absolute atomic E-state index is 0.629. The third-order valence-corrected chi connectivity index (χ3v) is 5.04. The van der Waals surface area contributed by atoms with Gasteiger partial charge in [0.15, 0.2) is 11.5 Å². The predicted octanol–water partition coefficient (Wildman–Crippen LogP) is 3.10. The Morgan fingerprint density at radius 3 is 2.65 bits per heavy atom. The number of nitrogens with zero attached hydrogens (tertiary/aromatic N) is 5. The third-order valence-electron chi connectivity index (χ3n) is 5.04. The highest BCUT2D eigenvalue weighted by atomic mass is 15.1. The molecule has 0 aliphatic rings. The van der Waals surface area contributed by atoms with Crippen molar-refractivity contribution in [3.05, 3.63) is 84.0 Å². The van der Waals surface area contributed by atoms with E-state index in [1.807, 2.05) is 55.5 Å². The average Bonchev–Trinajstić information content (AvgIpc) is 3.43. The molecule has 150 valence electrons. The van der Waals surface area contributed by atoms with Crippen molar-refractivity contribution in [3.63, 3.8) is 0 Å². The Labute approximate surface area is 178 Å². The molecule has 0 aromatic carbocycles. The largest absolute Gasteiger partial charge is 0.335 e. The molecule has 0 spiro atoms. The van der Waals surface area contributed by atoms with Crippen molar-refractivity contribution in [2.24, 2.45) is 0 Å². The molecule has 0 aliphatic heterocycles. The molecular weight excluding hydrogens is 386 g/mol. The molecule has 7 heteroatoms. The number of aromatic nitrogens is 7. The van der Waals surface area contributed by atoms with Crippen LogP contribution in [-0.4, -0.2) is 35.1 Å². The number of fused-ring (bicyclic) bond motifs is 1. The van der Waals surface area contributed by atoms with Crippen LogP contribution in [0.1, 0.15) is 12.6 Å². The molecule has 0 saturated carbocycles. The van der Waals surface area contributed by atoms with E-state index in [0.717, 1.165) is 38.5 Å². The fourth-order valence-corrected chi connectivity index (χ4v) is 3.51. The highest BCUT2D eigenvalue weighted by molar-refractivity contribution is 5.91. The lowest BCUT2D eigenvalue weighted by Gasteiger charge is -2.01. The smallest absolute Gasteiger partial charge is 0.178 e. The number of nitrogens with one attached hydrogen (secondary N) is 2. The maximum atomic E-state index is 4.71. The molecule has 5 rings (SSSR count). The molecule has 2 N–H and O–H groups in total. The van der Waals surface area contributed by atoms with Crippen LogP contribution in [0.2, 0.25) is 0 Å². The second kappa shape index (κ2) is 7.79. The van der Waals surface area contributed by atoms with Gasteiger partial charge in [-0.3, -0.25) is 15.1 Å². The Morgan fingerprint density at radius 1 is 1.00 bits per heavy atom. The molecule has 5 aromatic heterocycles. The second-order valence-corrected chi connectivity index (χ2v) is 6.95. The molecule has 0 aliphatic carbocycles. The number of hydrogen-bond donors (Lipinski definition) is 2. The summed E-state index contributed by atoms with van der Waals surface area (Å²) in [5.41, 5.74) is 5.82. The van der Waals surface area contributed by atoms with E-state index in [1.165, 1.54) is 0 Å². The van der Waals surface area contributed by atoms with Crippen LogP contribution in [0.4, 0.5) is 0 Å². The van der Waals surface area contributed by atoms with Gasteiger partial charge in [0.25, 0.3) is 0 Å². The molecule has 0 atom stereocenters. The van der Waals surface area contributed by atoms with Gasteiger partial charge in [-0.05, 0) is 54.5 Å². The van der Waals surface area contributed by atoms with Crippen molar-refractivity contribution in [1.29, 1.82) is 0 Å². The van der Waals surface area contributed by atoms with Crippen LogP contribution in [0.5, 0.6) is 0 Å². The fraction of sp³-hybridized carbons (Fsp3) is 0.0417. The van der Waals surface area contributed by atoms with Crippen LogP contribution in [0.15, 0.2) is 67.8 Å². The lowest BCUT2D eigenvalue weighted by Crippen LogP contribution is -2.23. The number of aromatic amines is 2. The summed E-state index contributed by atoms with van der Waals surface area (Å²) in [5, 5.41) is 9.38. The van der Waals surface area contributed by atoms with E-state index in [4.69, 9.17) is 4.98 Å². The molecule has 31 heavy (non-hydrogen) atoms. The molecule has 0 radical (unpaired) electrons. The Balaban J connectivity index is 1.68. The maximum absolute atomic E-state index is 4.71. The van der Waals surface area contributed by atoms with E-state index < -0.39 is 0 Å². The van der Waals surface area contributed by atoms with Crippen LogP contribution in [0, 0.1) is 0 Å². The van der Waals surface area contributed by atoms with E-state index in [0.29, 0.717) is 17.2 Å². The van der Waals surface area contributed by atoms with Gasteiger partial charge in [0.2, 0.25) is 0 Å². The zero-order chi connectivity index (χ0) is 21.2. The summed E-state index contributed by atoms with van der Waals surface area (Å²) < 4.78 is 0. The van der Waals surface area contributed by atoms with Crippen molar-refractivity contribution >= 4 is 28.9 Å². The van der Waals surface area contributed by atoms with Gasteiger partial charge in [0.05, 0.1) is 16.6 Å². The third kappa shape index (κ3) is 3.42. The number of rotatable bonds is 4. The van der Waals surface area contributed by atoms with Crippen molar-refractivity contribution < 1.29 is 0 Å². The standard InChI is InChI=1S/C24H19N7/c1-3-19-18(14-15(2)20-6-4-5-10-26-20)22(31-30-19)24-28-21-17(9-13-27-23(21)29-24)16-7-11-25-12-8-16/h3-14,30H,2H2,1H3,(H,27,28,29)/b18-14+,19-3+. The summed E-state index contributed by atoms with van der Waals surface area (Å²) in [6, 6.07) is 11.6. The number of allylic oxidation sites excluding steroid dienone is 1. The zero-order valence-corrected chi connectivity index (χ0v) is 16.9. The topological polar surface area (TPSA) is 96.0 Å². The molecule has 5 heterocycles. The van der Waals surface area contributed by atoms with Gasteiger partial charge in [-0.25, -0.2) is 9.97 Å². The van der Waals surface area contributed by atoms with Crippen LogP contribution < -0.4 is 10.6 Å². The summed E-state index contributed by atoms with van der Waals surface area (Å²) in [4.78, 5) is 21.1. The van der Waals surface area contributed by atoms with Crippen LogP contribution in [0.25, 0.3) is 51.5 Å². The van der Waals surface area contributed by atoms with Crippen molar-refractivity contribution in [1.82, 2.24) is 35.1 Å². The van der Waals surface area contributed by atoms with Gasteiger partial charge in [-0.2, -0.15) is 5.10 Å². The molecule has 5 aromatic rings. The van der Waals surface area contributed by atoms with Gasteiger partial charge in [-0.1, -0.05) is 18.7 Å². The first kappa shape index (κ1) is 18.6. The van der Waals surface area contributed by atoms with Crippen LogP contribution in [-0.2, 0) is 0 Å². The molecular formula is C24H19N7. The van der Waals surface area contributed by atoms with Gasteiger partial charge in [-0.15, -0.1) is 0 Å². The normalized spacial score (nSPS) is 12.5. The fourth-order valence-electron chi connectivity index (χ4n) is 3.51. The lowest BCUT2D eigenvalue weighted by atomic mass is 10.1. The molecule has 0 amide bonds. The number of hydrogen-bond acceptors (Lipinski definition) is 5. The number of pyridine rings is 3. The molecule has 7 nitrogen and oxygen atoms in total. The average molecular weight is 405 g/mol. The maximum Gasteiger partial charge on any atom is 0.178 e. The summed E-state index contributed by atoms with van der Waals surface area (Å²) in [6.07, 6.45) is 11.0. The molecule has 0 unspecified atom stereocenters. The van der Waals surface area contributed by atoms with Crippen molar-refractivity contribution in [3.8, 4) is 22.6 Å². The SMILES string of the molecule is C=C(/C=c1/c(-c2nc3nccc(-c4ccncc4)c3[nH]2)n[nH]/c1=C/C)c1ccccn1. The van der Waals surface area contributed by atoms with Gasteiger partial charge in [0.1, 0.15) is 5.69 Å². The van der Waals surface area contributed by atoms with Crippen molar-refractivity contribution in [2.75, 3.05) is 0 Å². The quantitative estimate of drug-likeness (QED) is 0.479. The summed E-state index contributed by atoms with van der Waals surface area (Å²) >= 11 is 0. The zero-order valence-electron chi connectivity index (χ0n) is 16.9. The second-order valence-electron chi connectivity index (χ2n) is 6.95. The van der Waals surface area contributed by atoms with Gasteiger partial charge < -0.3 is 4.98 Å². The molecule has 0 bridgehead atoms. The Kier molecular flexibility index (Phi) is 4.68. The van der Waals surface area contributed by atoms with E-state index in [-0.39, 0.29) is 0 Å². The Hall–Kier alpha value is -4.39. The minimum Gasteiger partial charge on any atom is -0.335 e.